The van der Waals surface area contributed by atoms with E-state index in [9.17, 15) is 187 Å². The fourth-order valence-electron chi connectivity index (χ4n) is 18.3. The zero-order valence-corrected chi connectivity index (χ0v) is 76.4. The third kappa shape index (κ3) is 26.0. The summed E-state index contributed by atoms with van der Waals surface area (Å²) in [7, 11) is 0. The first kappa shape index (κ1) is 117. The molecule has 11 aliphatic heterocycles. The summed E-state index contributed by atoms with van der Waals surface area (Å²) >= 11 is 0. The summed E-state index contributed by atoms with van der Waals surface area (Å²) in [6, 6.07) is -9.70. The highest BCUT2D eigenvalue weighted by Gasteiger charge is 2.64. The average molecular weight is 2080 g/mol. The molecule has 0 aromatic carbocycles. The van der Waals surface area contributed by atoms with E-state index in [1.807, 2.05) is 0 Å². The van der Waals surface area contributed by atoms with E-state index in [1.54, 1.807) is 0 Å². The van der Waals surface area contributed by atoms with Gasteiger partial charge in [0.1, 0.15) is 256 Å². The van der Waals surface area contributed by atoms with Gasteiger partial charge in [-0.25, -0.2) is 4.79 Å². The van der Waals surface area contributed by atoms with Gasteiger partial charge in [0.25, 0.3) is 5.79 Å². The number of carboxylic acid groups (broad SMARTS) is 1. The van der Waals surface area contributed by atoms with Gasteiger partial charge in [0.05, 0.1) is 84.3 Å². The Balaban J connectivity index is 0.908. The molecule has 63 heteroatoms. The van der Waals surface area contributed by atoms with Gasteiger partial charge in [-0.15, -0.1) is 0 Å². The highest BCUT2D eigenvalue weighted by Crippen LogP contribution is 2.43. The van der Waals surface area contributed by atoms with Crippen LogP contribution in [0.5, 0.6) is 0 Å². The van der Waals surface area contributed by atoms with Gasteiger partial charge in [0.2, 0.25) is 29.5 Å². The van der Waals surface area contributed by atoms with Crippen molar-refractivity contribution in [2.24, 2.45) is 0 Å². The number of aliphatic hydroxyl groups excluding tert-OH is 30. The van der Waals surface area contributed by atoms with Gasteiger partial charge in [0, 0.05) is 41.0 Å². The van der Waals surface area contributed by atoms with Crippen molar-refractivity contribution < 1.29 is 287 Å². The molecule has 11 fully saturated rings. The molecule has 0 bridgehead atoms. The Morgan fingerprint density at radius 3 is 1.05 bits per heavy atom. The third-order valence-electron chi connectivity index (χ3n) is 25.9. The average Bonchev–Trinajstić information content (AvgIpc) is 0.764. The number of carbonyl (C=O) groups excluding carboxylic acids is 5. The summed E-state index contributed by atoms with van der Waals surface area (Å²) in [6.07, 6.45) is -110. The Hall–Kier alpha value is -5.22. The molecule has 56 atom stereocenters. The number of amides is 5. The fourth-order valence-corrected chi connectivity index (χ4v) is 18.3. The number of aliphatic carboxylic acids is 1. The quantitative estimate of drug-likeness (QED) is 0.0273. The van der Waals surface area contributed by atoms with Gasteiger partial charge in [0.15, 0.2) is 62.9 Å². The Morgan fingerprint density at radius 1 is 0.303 bits per heavy atom. The smallest absolute Gasteiger partial charge is 0.364 e. The molecule has 0 aliphatic carbocycles. The van der Waals surface area contributed by atoms with Gasteiger partial charge in [-0.1, -0.05) is 0 Å². The minimum atomic E-state index is -3.12. The monoisotopic (exact) mass is 2080 g/mol. The van der Waals surface area contributed by atoms with Crippen LogP contribution in [0.1, 0.15) is 48.0 Å². The maximum atomic E-state index is 13.4. The zero-order chi connectivity index (χ0) is 105. The maximum Gasteiger partial charge on any atom is 0.364 e. The van der Waals surface area contributed by atoms with E-state index in [2.05, 4.69) is 26.6 Å². The predicted octanol–water partition coefficient (Wildman–Crippen LogP) is -24.0. The first-order valence-corrected chi connectivity index (χ1v) is 45.1. The lowest BCUT2D eigenvalue weighted by Crippen LogP contribution is -2.71. The number of hydrogen-bond donors (Lipinski definition) is 36. The van der Waals surface area contributed by atoms with E-state index in [0.29, 0.717) is 0 Å². The van der Waals surface area contributed by atoms with Crippen LogP contribution in [-0.4, -0.2) is 603 Å². The molecular formula is C79H131N5O58. The molecule has 142 heavy (non-hydrogen) atoms. The highest BCUT2D eigenvalue weighted by molar-refractivity contribution is 5.77. The zero-order valence-electron chi connectivity index (χ0n) is 76.4. The molecule has 11 saturated heterocycles. The van der Waals surface area contributed by atoms with Crippen LogP contribution < -0.4 is 26.6 Å². The SMILES string of the molecule is CC(=O)N[C@H]1[C@H]([C@H](O)[C@H](O)CO)OC(OC[C@H]2OC(O[C@H]3[C@H](O)[C@@H](NC(C)=O)C(O[C@@H]4C(O[C@H]5[C@H](O)[C@@H](COC6O[C@H](CO)[C@@H](O)[C@H](O)[C@@H]6OC6O[C@H](CO)[C@@H](OC7O[C@H](CO)[C@H](O)[C@H](O)[C@H]7O)[C@H](O)[C@H]6NC(C)=O)OC(O[C@H]6[C@H](O)[C@@H](NC(C)=O)C(O[C@H]7[C@H](O)[C@@H](NC(C)=O)C(O)O[C@@H]7COC7O[C@@H](C)[C@@H](O)[C@@H](O)[C@@H]7O)O[C@@H]6CO)[C@H]5O)O[C@H](CO)[C@@H](O)[C@@H]4O)O[C@@H]3CO)[C@H](O)[C@@H](O)[C@H]2O)(C(=O)O)C[C@@H]1O. The van der Waals surface area contributed by atoms with Crippen molar-refractivity contribution in [1.82, 2.24) is 26.6 Å². The van der Waals surface area contributed by atoms with Crippen LogP contribution in [0.15, 0.2) is 0 Å². The number of aliphatic hydroxyl groups is 30. The summed E-state index contributed by atoms with van der Waals surface area (Å²) in [6.45, 7) is -5.99. The number of nitrogens with one attached hydrogen (secondary N) is 5. The Bertz CT molecular complexity index is 4010. The first-order chi connectivity index (χ1) is 66.9. The van der Waals surface area contributed by atoms with Crippen molar-refractivity contribution in [3.63, 3.8) is 0 Å². The first-order valence-electron chi connectivity index (χ1n) is 45.1. The number of rotatable bonds is 38. The molecule has 0 spiro atoms. The molecule has 5 amide bonds. The minimum Gasteiger partial charge on any atom is -0.477 e. The van der Waals surface area contributed by atoms with Gasteiger partial charge < -0.3 is 284 Å². The summed E-state index contributed by atoms with van der Waals surface area (Å²) in [5.41, 5.74) is 0. The largest absolute Gasteiger partial charge is 0.477 e. The van der Waals surface area contributed by atoms with Gasteiger partial charge in [-0.3, -0.25) is 24.0 Å². The predicted molar refractivity (Wildman–Crippen MR) is 436 cm³/mol. The second-order valence-electron chi connectivity index (χ2n) is 36.0. The standard InChI is InChI=1S/C79H131N5O58/c1-18-40(99)51(110)56(115)72(125-18)122-16-34-63(47(106)36(68(119)126-34)81-20(3)93)135-69-37(82-21(4)94)48(107)62(31(14-91)130-69)138-75-59(118)65(46(105)32(133-75)15-123-76-66(54(113)43(102)27(10-87)128-76)140-70-38(83-22(5)95)49(108)60(29(12-89)131-70)136-73-57(116)52(111)42(101)26(9-86)127-73)139-77-67(55(114)44(103)28(11-88)129-77)141-71-39(84-23(6)96)50(109)61(30(13-90)132-71)137-74-58(117)53(112)45(104)33(134-74)17-124-79(78(120)121)7-24(97)35(80-19(2)92)64(142-79)41(100)25(98)8-85/h18,24-77,85-91,97-119H,7-17H2,1-6H3,(H,80,92)(H,81,93)(H,82,94)(H,83,95)(H,84,96)(H,120,121)/t18-,24-,25+,26+,27+,28+,29+,30+,31+,32+,33+,34+,35+,36+,37+,38+,39+,40+,41+,42-,43+,44+,45-,46+,47+,48+,49+,50+,51+,52-,53-,54-,55-,56-,57+,58+,59-,60+,61+,62+,63+,64+,65-,66-,67-,68?,69?,70?,71?,72?,73?,74?,75?,76?,77?,79?/m0/s1. The lowest BCUT2D eigenvalue weighted by molar-refractivity contribution is -0.399. The van der Waals surface area contributed by atoms with Crippen LogP contribution in [0.25, 0.3) is 0 Å². The van der Waals surface area contributed by atoms with Crippen LogP contribution in [0, 0.1) is 0 Å². The fraction of sp³-hybridized carbons (Fsp3) is 0.924. The molecule has 11 heterocycles. The van der Waals surface area contributed by atoms with E-state index >= 15 is 0 Å². The molecule has 0 aromatic rings. The molecule has 11 aliphatic rings. The Morgan fingerprint density at radius 2 is 0.620 bits per heavy atom. The van der Waals surface area contributed by atoms with Crippen molar-refractivity contribution in [2.45, 2.75) is 391 Å². The molecule has 63 nitrogen and oxygen atoms in total. The summed E-state index contributed by atoms with van der Waals surface area (Å²) in [4.78, 5) is 77.5. The van der Waals surface area contributed by atoms with Crippen LogP contribution in [0.4, 0.5) is 0 Å². The number of ether oxygens (including phenoxy) is 21. The maximum absolute atomic E-state index is 13.4. The number of hydrogen-bond acceptors (Lipinski definition) is 57. The summed E-state index contributed by atoms with van der Waals surface area (Å²) < 4.78 is 125. The lowest BCUT2D eigenvalue weighted by Gasteiger charge is -2.51. The van der Waals surface area contributed by atoms with E-state index in [-0.39, 0.29) is 0 Å². The topological polar surface area (TPSA) is 984 Å². The van der Waals surface area contributed by atoms with Crippen LogP contribution >= 0.6 is 0 Å². The molecule has 11 unspecified atom stereocenters. The molecule has 11 rings (SSSR count). The Kier molecular flexibility index (Phi) is 41.7. The second-order valence-corrected chi connectivity index (χ2v) is 36.0. The van der Waals surface area contributed by atoms with E-state index in [4.69, 9.17) is 99.5 Å². The van der Waals surface area contributed by atoms with Gasteiger partial charge in [-0.2, -0.15) is 0 Å². The Labute approximate surface area is 803 Å². The number of carbonyl (C=O) groups is 6. The minimum absolute atomic E-state index is 0.848. The summed E-state index contributed by atoms with van der Waals surface area (Å²) in [5, 5.41) is 360. The number of carboxylic acids is 1. The van der Waals surface area contributed by atoms with Crippen LogP contribution in [-0.2, 0) is 128 Å². The molecule has 36 N–H and O–H groups in total. The van der Waals surface area contributed by atoms with Crippen LogP contribution in [0.2, 0.25) is 0 Å². The molecule has 0 saturated carbocycles. The highest BCUT2D eigenvalue weighted by atomic mass is 16.8. The van der Waals surface area contributed by atoms with Crippen molar-refractivity contribution in [2.75, 3.05) is 66.1 Å². The van der Waals surface area contributed by atoms with Gasteiger partial charge in [-0.05, 0) is 6.92 Å². The van der Waals surface area contributed by atoms with Crippen molar-refractivity contribution in [3.05, 3.63) is 0 Å². The molecule has 0 aromatic heterocycles. The van der Waals surface area contributed by atoms with E-state index in [1.165, 1.54) is 6.92 Å². The normalized spacial score (nSPS) is 48.0. The van der Waals surface area contributed by atoms with Crippen LogP contribution in [0.3, 0.4) is 0 Å². The van der Waals surface area contributed by atoms with Crippen molar-refractivity contribution in [1.29, 1.82) is 0 Å². The molecule has 0 radical (unpaired) electrons. The molecular weight excluding hydrogens is 1950 g/mol. The summed E-state index contributed by atoms with van der Waals surface area (Å²) in [5.74, 6) is -10.0. The lowest BCUT2D eigenvalue weighted by atomic mass is 9.88. The van der Waals surface area contributed by atoms with E-state index < -0.39 is 451 Å². The van der Waals surface area contributed by atoms with E-state index in [0.717, 1.165) is 34.6 Å². The van der Waals surface area contributed by atoms with Crippen molar-refractivity contribution >= 4 is 35.5 Å². The third-order valence-corrected chi connectivity index (χ3v) is 25.9. The van der Waals surface area contributed by atoms with Crippen molar-refractivity contribution in [3.8, 4) is 0 Å². The second kappa shape index (κ2) is 50.6. The molecule has 820 valence electrons. The van der Waals surface area contributed by atoms with Gasteiger partial charge >= 0.3 is 5.97 Å².